The van der Waals surface area contributed by atoms with Gasteiger partial charge in [0.05, 0.1) is 5.69 Å². The maximum absolute atomic E-state index is 12.9. The topological polar surface area (TPSA) is 151 Å². The van der Waals surface area contributed by atoms with E-state index < -0.39 is 5.91 Å². The molecule has 0 aliphatic carbocycles. The average molecular weight is 471 g/mol. The van der Waals surface area contributed by atoms with E-state index in [1.807, 2.05) is 18.2 Å². The van der Waals surface area contributed by atoms with Gasteiger partial charge >= 0.3 is 0 Å². The highest BCUT2D eigenvalue weighted by atomic mass is 16.5. The van der Waals surface area contributed by atoms with Gasteiger partial charge in [0.15, 0.2) is 23.9 Å². The minimum atomic E-state index is -0.398. The predicted molar refractivity (Wildman–Crippen MR) is 127 cm³/mol. The van der Waals surface area contributed by atoms with Gasteiger partial charge < -0.3 is 20.7 Å². The number of nitrogens with zero attached hydrogens (tertiary/aromatic N) is 3. The van der Waals surface area contributed by atoms with E-state index in [0.717, 1.165) is 11.1 Å². The molecule has 35 heavy (non-hydrogen) atoms. The van der Waals surface area contributed by atoms with Crippen LogP contribution in [0.2, 0.25) is 0 Å². The van der Waals surface area contributed by atoms with E-state index >= 15 is 0 Å². The number of aromatic amines is 1. The molecular weight excluding hydrogens is 450 g/mol. The van der Waals surface area contributed by atoms with Crippen molar-refractivity contribution >= 4 is 40.1 Å². The number of H-pyrrole nitrogens is 1. The Labute approximate surface area is 199 Å². The van der Waals surface area contributed by atoms with Gasteiger partial charge in [-0.25, -0.2) is 9.97 Å². The summed E-state index contributed by atoms with van der Waals surface area (Å²) in [6.07, 6.45) is 1.31. The molecule has 0 bridgehead atoms. The van der Waals surface area contributed by atoms with Crippen LogP contribution in [0.25, 0.3) is 11.0 Å². The first kappa shape index (κ1) is 22.0. The Balaban J connectivity index is 1.27. The molecule has 0 radical (unpaired) electrons. The minimum Gasteiger partial charge on any atom is -0.482 e. The van der Waals surface area contributed by atoms with Crippen molar-refractivity contribution < 1.29 is 19.1 Å². The summed E-state index contributed by atoms with van der Waals surface area (Å²) in [5.74, 6) is 0.462. The van der Waals surface area contributed by atoms with Crippen molar-refractivity contribution in [2.24, 2.45) is 0 Å². The van der Waals surface area contributed by atoms with Crippen molar-refractivity contribution in [3.05, 3.63) is 71.2 Å². The van der Waals surface area contributed by atoms with Crippen LogP contribution >= 0.6 is 0 Å². The molecule has 4 aromatic rings. The second-order valence-corrected chi connectivity index (χ2v) is 7.97. The normalized spacial score (nSPS) is 12.4. The number of rotatable bonds is 7. The lowest BCUT2D eigenvalue weighted by Gasteiger charge is -2.18. The Bertz CT molecular complexity index is 1450. The second-order valence-electron chi connectivity index (χ2n) is 7.97. The van der Waals surface area contributed by atoms with Crippen LogP contribution in [0.4, 0.5) is 11.5 Å². The number of amides is 2. The summed E-state index contributed by atoms with van der Waals surface area (Å²) in [5, 5.41) is 15.8. The number of carbonyl (C=O) groups excluding carboxylic acids is 3. The molecule has 2 amide bonds. The van der Waals surface area contributed by atoms with Crippen LogP contribution < -0.4 is 20.7 Å². The maximum Gasteiger partial charge on any atom is 0.272 e. The number of carbonyl (C=O) groups is 3. The molecule has 0 unspecified atom stereocenters. The Kier molecular flexibility index (Phi) is 5.80. The van der Waals surface area contributed by atoms with Crippen molar-refractivity contribution in [2.75, 3.05) is 17.2 Å². The van der Waals surface area contributed by atoms with Crippen molar-refractivity contribution in [2.45, 2.75) is 20.0 Å². The number of Topliss-reactive ketones (excluding diaryl/α,β-unsaturated/α-hetero) is 1. The molecule has 3 heterocycles. The Morgan fingerprint density at radius 3 is 2.66 bits per heavy atom. The van der Waals surface area contributed by atoms with Gasteiger partial charge in [0.2, 0.25) is 0 Å². The molecule has 5 rings (SSSR count). The van der Waals surface area contributed by atoms with Crippen LogP contribution in [0.1, 0.15) is 38.9 Å². The van der Waals surface area contributed by atoms with Gasteiger partial charge in [0.1, 0.15) is 23.1 Å². The fourth-order valence-electron chi connectivity index (χ4n) is 3.68. The van der Waals surface area contributed by atoms with E-state index in [1.165, 1.54) is 13.3 Å². The van der Waals surface area contributed by atoms with Gasteiger partial charge in [-0.15, -0.1) is 0 Å². The number of ketones is 1. The highest BCUT2D eigenvalue weighted by molar-refractivity contribution is 6.04. The smallest absolute Gasteiger partial charge is 0.272 e. The van der Waals surface area contributed by atoms with Crippen LogP contribution in [0.5, 0.6) is 5.75 Å². The maximum atomic E-state index is 12.9. The van der Waals surface area contributed by atoms with Crippen molar-refractivity contribution in [3.8, 4) is 5.75 Å². The molecule has 0 saturated heterocycles. The monoisotopic (exact) mass is 471 g/mol. The zero-order valence-electron chi connectivity index (χ0n) is 18.7. The van der Waals surface area contributed by atoms with Gasteiger partial charge in [-0.05, 0) is 30.2 Å². The zero-order valence-corrected chi connectivity index (χ0v) is 18.7. The highest BCUT2D eigenvalue weighted by Gasteiger charge is 2.19. The molecule has 0 saturated carbocycles. The number of benzene rings is 2. The first-order valence-corrected chi connectivity index (χ1v) is 10.8. The first-order valence-electron chi connectivity index (χ1n) is 10.8. The quantitative estimate of drug-likeness (QED) is 0.300. The van der Waals surface area contributed by atoms with Crippen LogP contribution in [-0.2, 0) is 17.9 Å². The summed E-state index contributed by atoms with van der Waals surface area (Å²) in [6, 6.07) is 12.6. The second kappa shape index (κ2) is 9.21. The van der Waals surface area contributed by atoms with Crippen molar-refractivity contribution in [3.63, 3.8) is 0 Å². The van der Waals surface area contributed by atoms with Gasteiger partial charge in [0, 0.05) is 18.7 Å². The van der Waals surface area contributed by atoms with Crippen LogP contribution in [0.3, 0.4) is 0 Å². The summed E-state index contributed by atoms with van der Waals surface area (Å²) in [7, 11) is 0. The van der Waals surface area contributed by atoms with Gasteiger partial charge in [0.25, 0.3) is 11.8 Å². The Morgan fingerprint density at radius 2 is 1.86 bits per heavy atom. The van der Waals surface area contributed by atoms with Crippen LogP contribution in [-0.4, -0.2) is 44.4 Å². The summed E-state index contributed by atoms with van der Waals surface area (Å²) >= 11 is 0. The number of aromatic nitrogens is 4. The molecule has 0 fully saturated rings. The molecule has 11 heteroatoms. The standard InChI is InChI=1S/C24H21N7O4/c1-13(32)16-5-2-14(3-6-16)9-25-23-21-20(30-31-23)22(28-12-27-21)24(34)26-10-15-4-7-18-17(8-15)29-19(33)11-35-18/h2-8,12H,9-11H2,1H3,(H,26,34)(H,29,33)(H2,25,30,31). The minimum absolute atomic E-state index is 0.0118. The number of anilines is 2. The van der Waals surface area contributed by atoms with E-state index in [9.17, 15) is 14.4 Å². The van der Waals surface area contributed by atoms with Gasteiger partial charge in [-0.2, -0.15) is 5.10 Å². The lowest BCUT2D eigenvalue weighted by Crippen LogP contribution is -2.26. The molecule has 0 spiro atoms. The van der Waals surface area contributed by atoms with E-state index in [1.54, 1.807) is 24.3 Å². The van der Waals surface area contributed by atoms with Crippen LogP contribution in [0, 0.1) is 0 Å². The third kappa shape index (κ3) is 4.64. The third-order valence-electron chi connectivity index (χ3n) is 5.52. The summed E-state index contributed by atoms with van der Waals surface area (Å²) < 4.78 is 5.35. The molecule has 1 aliphatic heterocycles. The SMILES string of the molecule is CC(=O)c1ccc(CNc2n[nH]c3c(C(=O)NCc4ccc5c(c4)NC(=O)CO5)ncnc23)cc1. The van der Waals surface area contributed by atoms with Crippen LogP contribution in [0.15, 0.2) is 48.8 Å². The lowest BCUT2D eigenvalue weighted by atomic mass is 10.1. The summed E-state index contributed by atoms with van der Waals surface area (Å²) in [4.78, 5) is 44.2. The highest BCUT2D eigenvalue weighted by Crippen LogP contribution is 2.28. The van der Waals surface area contributed by atoms with Gasteiger partial charge in [-0.3, -0.25) is 19.5 Å². The number of hydrogen-bond donors (Lipinski definition) is 4. The number of hydrogen-bond acceptors (Lipinski definition) is 8. The average Bonchev–Trinajstić information content (AvgIpc) is 3.29. The Hall–Kier alpha value is -4.80. The molecular formula is C24H21N7O4. The van der Waals surface area contributed by atoms with E-state index in [0.29, 0.717) is 40.4 Å². The summed E-state index contributed by atoms with van der Waals surface area (Å²) in [5.41, 5.74) is 4.02. The Morgan fingerprint density at radius 1 is 1.06 bits per heavy atom. The lowest BCUT2D eigenvalue weighted by molar-refractivity contribution is -0.118. The molecule has 11 nitrogen and oxygen atoms in total. The van der Waals surface area contributed by atoms with E-state index in [2.05, 4.69) is 36.1 Å². The molecule has 1 aliphatic rings. The summed E-state index contributed by atoms with van der Waals surface area (Å²) in [6.45, 7) is 2.20. The van der Waals surface area contributed by atoms with Gasteiger partial charge in [-0.1, -0.05) is 30.3 Å². The molecule has 176 valence electrons. The van der Waals surface area contributed by atoms with Crippen molar-refractivity contribution in [1.29, 1.82) is 0 Å². The number of ether oxygens (including phenoxy) is 1. The fraction of sp³-hybridized carbons (Fsp3) is 0.167. The third-order valence-corrected chi connectivity index (χ3v) is 5.52. The fourth-order valence-corrected chi connectivity index (χ4v) is 3.68. The molecule has 4 N–H and O–H groups in total. The first-order chi connectivity index (χ1) is 17.0. The molecule has 2 aromatic carbocycles. The van der Waals surface area contributed by atoms with E-state index in [4.69, 9.17) is 4.74 Å². The van der Waals surface area contributed by atoms with E-state index in [-0.39, 0.29) is 30.5 Å². The van der Waals surface area contributed by atoms with Crippen molar-refractivity contribution in [1.82, 2.24) is 25.5 Å². The molecule has 2 aromatic heterocycles. The largest absolute Gasteiger partial charge is 0.482 e. The number of fused-ring (bicyclic) bond motifs is 2. The number of nitrogens with one attached hydrogen (secondary N) is 4. The molecule has 0 atom stereocenters. The zero-order chi connectivity index (χ0) is 24.4. The predicted octanol–water partition coefficient (Wildman–Crippen LogP) is 2.43.